The topological polar surface area (TPSA) is 410 Å². The van der Waals surface area contributed by atoms with Crippen molar-refractivity contribution in [1.29, 1.82) is 1.12 Å². The smallest absolute Gasteiger partial charge is 0.343 e. The van der Waals surface area contributed by atoms with Gasteiger partial charge < -0.3 is 81.3 Å². The molecule has 10 atom stereocenters. The number of hydrogen-bond acceptors (Lipinski definition) is 19. The summed E-state index contributed by atoms with van der Waals surface area (Å²) in [6.07, 6.45) is -11.3. The number of halogens is 1. The largest absolute Gasteiger partial charge is 0.481 e. The van der Waals surface area contributed by atoms with Crippen molar-refractivity contribution in [2.24, 2.45) is 5.92 Å². The number of aliphatic carboxylic acids is 2. The maximum atomic E-state index is 15.5. The fourth-order valence-corrected chi connectivity index (χ4v) is 10.1. The number of amides is 6. The molecule has 27 nitrogen and oxygen atoms in total. The molecule has 1 saturated heterocycles. The summed E-state index contributed by atoms with van der Waals surface area (Å²) in [6.45, 7) is 3.70. The van der Waals surface area contributed by atoms with Crippen LogP contribution in [0.3, 0.4) is 0 Å². The van der Waals surface area contributed by atoms with Crippen LogP contribution in [-0.4, -0.2) is 169 Å². The van der Waals surface area contributed by atoms with E-state index in [0.717, 1.165) is 0 Å². The van der Waals surface area contributed by atoms with Gasteiger partial charge >= 0.3 is 17.9 Å². The fourth-order valence-electron chi connectivity index (χ4n) is 9.90. The number of pyridine rings is 2. The van der Waals surface area contributed by atoms with Crippen LogP contribution in [0, 0.1) is 18.7 Å². The molecule has 1 unspecified atom stereocenters. The molecule has 0 saturated carbocycles. The predicted octanol–water partition coefficient (Wildman–Crippen LogP) is -2.93. The van der Waals surface area contributed by atoms with Gasteiger partial charge in [0.05, 0.1) is 59.9 Å². The van der Waals surface area contributed by atoms with Gasteiger partial charge in [0.2, 0.25) is 35.4 Å². The van der Waals surface area contributed by atoms with Gasteiger partial charge in [0, 0.05) is 48.5 Å². The molecule has 12 N–H and O–H groups in total. The lowest BCUT2D eigenvalue weighted by atomic mass is 9.81. The lowest BCUT2D eigenvalue weighted by molar-refractivity contribution is -0.294. The zero-order valence-corrected chi connectivity index (χ0v) is 43.9. The van der Waals surface area contributed by atoms with Crippen molar-refractivity contribution in [3.63, 3.8) is 0 Å². The number of fused-ring (bicyclic) bond motifs is 5. The van der Waals surface area contributed by atoms with E-state index >= 15 is 4.39 Å². The van der Waals surface area contributed by atoms with Crippen LogP contribution in [0.4, 0.5) is 4.39 Å². The lowest BCUT2D eigenvalue weighted by Gasteiger charge is -2.38. The van der Waals surface area contributed by atoms with Crippen molar-refractivity contribution in [3.05, 3.63) is 61.7 Å². The van der Waals surface area contributed by atoms with Gasteiger partial charge in [0.15, 0.2) is 18.0 Å². The van der Waals surface area contributed by atoms with Crippen LogP contribution >= 0.6 is 12.5 Å². The maximum absolute atomic E-state index is 15.5. The first kappa shape index (κ1) is 58.0. The number of carboxylic acids is 2. The van der Waals surface area contributed by atoms with E-state index in [1.54, 1.807) is 27.7 Å². The first-order chi connectivity index (χ1) is 37.8. The number of nitrogens with one attached hydrogen (secondary N) is 6. The van der Waals surface area contributed by atoms with Crippen LogP contribution in [0.5, 0.6) is 0 Å². The summed E-state index contributed by atoms with van der Waals surface area (Å²) in [6, 6.07) is -1.09. The number of benzene rings is 1. The van der Waals surface area contributed by atoms with Gasteiger partial charge in [-0.05, 0) is 54.9 Å². The van der Waals surface area contributed by atoms with Crippen LogP contribution in [0.1, 0.15) is 92.3 Å². The molecule has 0 spiro atoms. The molecule has 3 aromatic rings. The van der Waals surface area contributed by atoms with E-state index in [4.69, 9.17) is 25.4 Å². The summed E-state index contributed by atoms with van der Waals surface area (Å²) in [4.78, 5) is 134. The Morgan fingerprint density at radius 1 is 0.924 bits per heavy atom. The van der Waals surface area contributed by atoms with E-state index in [-0.39, 0.29) is 86.1 Å². The molecule has 2 aromatic heterocycles. The molecule has 0 radical (unpaired) electrons. The monoisotopic (exact) mass is 1130 g/mol. The molecule has 79 heavy (non-hydrogen) atoms. The minimum absolute atomic E-state index is 0.0313. The molecule has 7 rings (SSSR count). The Hall–Kier alpha value is -7.15. The van der Waals surface area contributed by atoms with E-state index in [1.807, 2.05) is 0 Å². The Bertz CT molecular complexity index is 3070. The lowest BCUT2D eigenvalue weighted by Crippen LogP contribution is -2.61. The number of aryl methyl sites for hydroxylation is 1. The van der Waals surface area contributed by atoms with Crippen LogP contribution < -0.4 is 37.5 Å². The number of hydrogen-bond donors (Lipinski definition) is 13. The summed E-state index contributed by atoms with van der Waals surface area (Å²) in [5.41, 5.74) is 0.386. The van der Waals surface area contributed by atoms with Gasteiger partial charge in [-0.3, -0.25) is 38.4 Å². The van der Waals surface area contributed by atoms with Gasteiger partial charge in [-0.25, -0.2) is 19.0 Å². The van der Waals surface area contributed by atoms with Crippen molar-refractivity contribution in [1.82, 2.24) is 41.5 Å². The minimum Gasteiger partial charge on any atom is -0.481 e. The third kappa shape index (κ3) is 12.5. The number of carbonyl (C=O) groups is 9. The Balaban J connectivity index is 1.04. The number of ether oxygens (including phenoxy) is 3. The number of nitrogens with zero attached hydrogens (tertiary/aromatic N) is 2. The second kappa shape index (κ2) is 24.5. The minimum atomic E-state index is -2.12. The van der Waals surface area contributed by atoms with E-state index < -0.39 is 156 Å². The molecule has 29 heteroatoms. The van der Waals surface area contributed by atoms with Gasteiger partial charge in [0.1, 0.15) is 43.9 Å². The molecule has 428 valence electrons. The first-order valence-electron chi connectivity index (χ1n) is 25.6. The summed E-state index contributed by atoms with van der Waals surface area (Å²) in [5, 5.41) is 75.3. The quantitative estimate of drug-likeness (QED) is 0.0261. The molecule has 1 aromatic carbocycles. The first-order valence-corrected chi connectivity index (χ1v) is 25.7. The summed E-state index contributed by atoms with van der Waals surface area (Å²) < 4.78 is 40.1. The molecule has 6 amide bonds. The highest BCUT2D eigenvalue weighted by Gasteiger charge is 2.49. The average molecular weight is 1130 g/mol. The van der Waals surface area contributed by atoms with Gasteiger partial charge in [-0.15, -0.1) is 0 Å². The number of aliphatic hydroxyl groups is 4. The third-order valence-corrected chi connectivity index (χ3v) is 14.6. The Morgan fingerprint density at radius 2 is 1.63 bits per heavy atom. The summed E-state index contributed by atoms with van der Waals surface area (Å²) in [5.74, 6) is -10.1. The second-order valence-electron chi connectivity index (χ2n) is 19.8. The standard InChI is InChI=1S/C50H61FN8O19S/c1-5-50(75)24-12-29-38-22(16-59(29)46(71)23(24)17-77-49(50)74)36-26(7-6-21-20(4)25(51)13-27(56-38)35(21)36)55-31(60)9-11-53-43(68)28(18-76-48-41(67)39(65)40(66)42(78-48)47(72)73)57-45(70)37(19(2)3)58-32(61)8-10-52-33(62)15-54-44(69)30(79)14-34(63)64/h12-13,19,26,28,30,37,39-42,48,65-67,75,79H,5-11,14-18H2,1-4H3,(H,52,62)(H,53,68)(H,54,69)(H,55,60)(H,57,70)(H,58,61)(H,63,64)(H,72,73)/t26-,28-,30?,37-,39-,40-,41+,42-,48+,50-/m0/s1/i/hT. The van der Waals surface area contributed by atoms with E-state index in [1.165, 1.54) is 16.7 Å². The Morgan fingerprint density at radius 3 is 2.30 bits per heavy atom. The molecular weight excluding hydrogens is 1070 g/mol. The normalized spacial score (nSPS) is 23.1. The number of aromatic nitrogens is 2. The van der Waals surface area contributed by atoms with Crippen LogP contribution in [0.2, 0.25) is 0 Å². The zero-order valence-electron chi connectivity index (χ0n) is 44.1. The van der Waals surface area contributed by atoms with Crippen LogP contribution in [0.25, 0.3) is 22.3 Å². The second-order valence-corrected chi connectivity index (χ2v) is 20.4. The van der Waals surface area contributed by atoms with Gasteiger partial charge in [0.25, 0.3) is 5.56 Å². The van der Waals surface area contributed by atoms with Crippen molar-refractivity contribution in [2.45, 2.75) is 139 Å². The molecular formula is C50H61FN8O19S. The number of aliphatic hydroxyl groups excluding tert-OH is 3. The van der Waals surface area contributed by atoms with Crippen molar-refractivity contribution in [2.75, 3.05) is 26.2 Å². The highest BCUT2D eigenvalue weighted by atomic mass is 32.1. The third-order valence-electron chi connectivity index (χ3n) is 14.3. The van der Waals surface area contributed by atoms with Crippen molar-refractivity contribution < 1.29 is 92.4 Å². The van der Waals surface area contributed by atoms with Gasteiger partial charge in [-0.1, -0.05) is 20.8 Å². The zero-order chi connectivity index (χ0) is 58.7. The number of rotatable bonds is 23. The number of carboxylic acid groups (broad SMARTS) is 2. The number of cyclic esters (lactones) is 1. The van der Waals surface area contributed by atoms with Crippen LogP contribution in [0.15, 0.2) is 16.9 Å². The summed E-state index contributed by atoms with van der Waals surface area (Å²) in [7, 11) is 0. The highest BCUT2D eigenvalue weighted by Crippen LogP contribution is 2.46. The van der Waals surface area contributed by atoms with Gasteiger partial charge in [-0.2, -0.15) is 12.5 Å². The number of esters is 1. The molecule has 4 aliphatic rings. The molecule has 0 bridgehead atoms. The summed E-state index contributed by atoms with van der Waals surface area (Å²) >= 11 is 0.233. The average Bonchev–Trinajstić information content (AvgIpc) is 3.92. The predicted molar refractivity (Wildman–Crippen MR) is 271 cm³/mol. The maximum Gasteiger partial charge on any atom is 0.343 e. The van der Waals surface area contributed by atoms with Crippen LogP contribution in [-0.2, 0) is 82.5 Å². The molecule has 1 aliphatic carbocycles. The fraction of sp³-hybridized carbons (Fsp3) is 0.540. The number of thiol groups is 1. The SMILES string of the molecule is [3H]SC(CC(=O)O)C(=O)NCC(=O)NCCC(=O)N[C@H](C(=O)N[C@@H](CO[C@@H]1O[C@H](C(=O)O)[C@@H](O)[C@H](O)[C@H]1O)C(=O)NCCC(=O)N[C@H]1CCc2c(C)c(F)cc3nc4c(c1c23)Cn1c-4cc2c(c1=O)COC(=O)[C@]2(O)CC)C(C)C. The molecule has 3 aliphatic heterocycles. The van der Waals surface area contributed by atoms with E-state index in [9.17, 15) is 73.5 Å². The molecule has 5 heterocycles. The Kier molecular flexibility index (Phi) is 18.0. The van der Waals surface area contributed by atoms with E-state index in [2.05, 4.69) is 31.9 Å². The Labute approximate surface area is 454 Å². The molecule has 1 fully saturated rings. The highest BCUT2D eigenvalue weighted by molar-refractivity contribution is 7.81. The number of carbonyl (C=O) groups excluding carboxylic acids is 7. The van der Waals surface area contributed by atoms with Crippen molar-refractivity contribution in [3.8, 4) is 11.4 Å². The van der Waals surface area contributed by atoms with Crippen molar-refractivity contribution >= 4 is 76.8 Å². The van der Waals surface area contributed by atoms with E-state index in [0.29, 0.717) is 34.1 Å².